The van der Waals surface area contributed by atoms with Crippen molar-refractivity contribution < 1.29 is 14.7 Å². The molecule has 1 unspecified atom stereocenters. The maximum atomic E-state index is 12.4. The highest BCUT2D eigenvalue weighted by Gasteiger charge is 2.22. The van der Waals surface area contributed by atoms with Crippen LogP contribution in [-0.2, 0) is 16.0 Å². The average Bonchev–Trinajstić information content (AvgIpc) is 2.59. The number of carbonyl (C=O) groups excluding carboxylic acids is 1. The molecule has 0 radical (unpaired) electrons. The molecule has 1 amide bonds. The SMILES string of the molecule is CC(CC(=O)O)CC(=O)N1CCCCc2ccccc21. The molecule has 1 aliphatic rings. The van der Waals surface area contributed by atoms with Gasteiger partial charge in [0.15, 0.2) is 0 Å². The monoisotopic (exact) mass is 275 g/mol. The summed E-state index contributed by atoms with van der Waals surface area (Å²) in [6.07, 6.45) is 3.42. The van der Waals surface area contributed by atoms with Gasteiger partial charge in [-0.3, -0.25) is 9.59 Å². The Balaban J connectivity index is 2.11. The Morgan fingerprint density at radius 3 is 2.75 bits per heavy atom. The van der Waals surface area contributed by atoms with Crippen LogP contribution in [0.1, 0.15) is 38.2 Å². The van der Waals surface area contributed by atoms with Crippen LogP contribution in [0.3, 0.4) is 0 Å². The number of fused-ring (bicyclic) bond motifs is 1. The molecular formula is C16H21NO3. The molecule has 1 N–H and O–H groups in total. The Bertz CT molecular complexity index is 498. The van der Waals surface area contributed by atoms with Crippen LogP contribution < -0.4 is 4.90 Å². The van der Waals surface area contributed by atoms with Crippen LogP contribution in [0.25, 0.3) is 0 Å². The molecule has 0 bridgehead atoms. The molecule has 0 fully saturated rings. The van der Waals surface area contributed by atoms with Crippen molar-refractivity contribution in [3.63, 3.8) is 0 Å². The van der Waals surface area contributed by atoms with Gasteiger partial charge in [0.05, 0.1) is 0 Å². The number of rotatable bonds is 4. The molecule has 1 heterocycles. The van der Waals surface area contributed by atoms with Crippen LogP contribution in [0.2, 0.25) is 0 Å². The lowest BCUT2D eigenvalue weighted by atomic mass is 10.0. The van der Waals surface area contributed by atoms with Crippen molar-refractivity contribution in [3.8, 4) is 0 Å². The summed E-state index contributed by atoms with van der Waals surface area (Å²) in [4.78, 5) is 25.0. The van der Waals surface area contributed by atoms with Crippen molar-refractivity contribution in [3.05, 3.63) is 29.8 Å². The molecule has 1 aromatic rings. The van der Waals surface area contributed by atoms with E-state index in [4.69, 9.17) is 5.11 Å². The minimum atomic E-state index is -0.846. The zero-order valence-electron chi connectivity index (χ0n) is 11.8. The lowest BCUT2D eigenvalue weighted by molar-refractivity contribution is -0.138. The van der Waals surface area contributed by atoms with Crippen molar-refractivity contribution in [1.29, 1.82) is 0 Å². The van der Waals surface area contributed by atoms with E-state index in [0.717, 1.165) is 31.5 Å². The Kier molecular flexibility index (Phi) is 4.77. The number of anilines is 1. The normalized spacial score (nSPS) is 16.1. The van der Waals surface area contributed by atoms with Gasteiger partial charge in [-0.2, -0.15) is 0 Å². The fraction of sp³-hybridized carbons (Fsp3) is 0.500. The summed E-state index contributed by atoms with van der Waals surface area (Å²) in [5.74, 6) is -0.940. The Labute approximate surface area is 119 Å². The van der Waals surface area contributed by atoms with Crippen LogP contribution in [0.5, 0.6) is 0 Å². The van der Waals surface area contributed by atoms with Crippen LogP contribution >= 0.6 is 0 Å². The zero-order chi connectivity index (χ0) is 14.5. The Morgan fingerprint density at radius 2 is 2.00 bits per heavy atom. The lowest BCUT2D eigenvalue weighted by Crippen LogP contribution is -2.33. The standard InChI is InChI=1S/C16H21NO3/c1-12(11-16(19)20)10-15(18)17-9-5-4-7-13-6-2-3-8-14(13)17/h2-3,6,8,12H,4-5,7,9-11H2,1H3,(H,19,20). The van der Waals surface area contributed by atoms with Gasteiger partial charge in [0.1, 0.15) is 0 Å². The molecular weight excluding hydrogens is 254 g/mol. The first-order valence-electron chi connectivity index (χ1n) is 7.18. The molecule has 0 aliphatic carbocycles. The number of amides is 1. The van der Waals surface area contributed by atoms with Crippen molar-refractivity contribution >= 4 is 17.6 Å². The number of carboxylic acid groups (broad SMARTS) is 1. The van der Waals surface area contributed by atoms with Gasteiger partial charge in [-0.1, -0.05) is 25.1 Å². The summed E-state index contributed by atoms with van der Waals surface area (Å²) in [6, 6.07) is 8.01. The number of carbonyl (C=O) groups is 2. The molecule has 0 saturated carbocycles. The molecule has 4 nitrogen and oxygen atoms in total. The highest BCUT2D eigenvalue weighted by Crippen LogP contribution is 2.27. The van der Waals surface area contributed by atoms with E-state index in [9.17, 15) is 9.59 Å². The topological polar surface area (TPSA) is 57.6 Å². The molecule has 1 atom stereocenters. The number of hydrogen-bond donors (Lipinski definition) is 1. The largest absolute Gasteiger partial charge is 0.481 e. The summed E-state index contributed by atoms with van der Waals surface area (Å²) >= 11 is 0. The van der Waals surface area contributed by atoms with Gasteiger partial charge in [-0.05, 0) is 36.8 Å². The molecule has 0 spiro atoms. The second-order valence-corrected chi connectivity index (χ2v) is 5.54. The van der Waals surface area contributed by atoms with Gasteiger partial charge >= 0.3 is 5.97 Å². The molecule has 20 heavy (non-hydrogen) atoms. The molecule has 108 valence electrons. The van der Waals surface area contributed by atoms with Crippen LogP contribution in [0.15, 0.2) is 24.3 Å². The van der Waals surface area contributed by atoms with Gasteiger partial charge in [-0.25, -0.2) is 0 Å². The quantitative estimate of drug-likeness (QED) is 0.919. The van der Waals surface area contributed by atoms with Crippen molar-refractivity contribution in [2.75, 3.05) is 11.4 Å². The number of hydrogen-bond acceptors (Lipinski definition) is 2. The fourth-order valence-electron chi connectivity index (χ4n) is 2.73. The summed E-state index contributed by atoms with van der Waals surface area (Å²) in [5, 5.41) is 8.78. The van der Waals surface area contributed by atoms with Crippen LogP contribution in [0, 0.1) is 5.92 Å². The zero-order valence-corrected chi connectivity index (χ0v) is 11.8. The molecule has 2 rings (SSSR count). The van der Waals surface area contributed by atoms with Crippen molar-refractivity contribution in [2.45, 2.75) is 39.0 Å². The van der Waals surface area contributed by atoms with E-state index in [0.29, 0.717) is 6.42 Å². The maximum absolute atomic E-state index is 12.4. The Hall–Kier alpha value is -1.84. The third-order valence-electron chi connectivity index (χ3n) is 3.71. The van der Waals surface area contributed by atoms with Crippen molar-refractivity contribution in [1.82, 2.24) is 0 Å². The van der Waals surface area contributed by atoms with Gasteiger partial charge < -0.3 is 10.0 Å². The summed E-state index contributed by atoms with van der Waals surface area (Å²) in [7, 11) is 0. The van der Waals surface area contributed by atoms with Gasteiger partial charge in [-0.15, -0.1) is 0 Å². The molecule has 1 aromatic carbocycles. The van der Waals surface area contributed by atoms with E-state index in [1.807, 2.05) is 30.0 Å². The first-order chi connectivity index (χ1) is 9.58. The number of benzene rings is 1. The van der Waals surface area contributed by atoms with Gasteiger partial charge in [0, 0.05) is 25.1 Å². The number of nitrogens with zero attached hydrogens (tertiary/aromatic N) is 1. The molecule has 1 aliphatic heterocycles. The van der Waals surface area contributed by atoms with E-state index in [-0.39, 0.29) is 18.2 Å². The number of aliphatic carboxylic acids is 1. The van der Waals surface area contributed by atoms with E-state index in [2.05, 4.69) is 6.07 Å². The van der Waals surface area contributed by atoms with E-state index >= 15 is 0 Å². The fourth-order valence-corrected chi connectivity index (χ4v) is 2.73. The first-order valence-corrected chi connectivity index (χ1v) is 7.18. The molecule has 0 aromatic heterocycles. The average molecular weight is 275 g/mol. The highest BCUT2D eigenvalue weighted by molar-refractivity contribution is 5.94. The second kappa shape index (κ2) is 6.55. The van der Waals surface area contributed by atoms with Crippen LogP contribution in [-0.4, -0.2) is 23.5 Å². The predicted octanol–water partition coefficient (Wildman–Crippen LogP) is 2.86. The summed E-state index contributed by atoms with van der Waals surface area (Å²) in [5.41, 5.74) is 2.21. The third kappa shape index (κ3) is 3.59. The summed E-state index contributed by atoms with van der Waals surface area (Å²) < 4.78 is 0. The second-order valence-electron chi connectivity index (χ2n) is 5.54. The highest BCUT2D eigenvalue weighted by atomic mass is 16.4. The smallest absolute Gasteiger partial charge is 0.303 e. The Morgan fingerprint density at radius 1 is 1.25 bits per heavy atom. The number of carboxylic acids is 1. The maximum Gasteiger partial charge on any atom is 0.303 e. The third-order valence-corrected chi connectivity index (χ3v) is 3.71. The number of para-hydroxylation sites is 1. The van der Waals surface area contributed by atoms with Gasteiger partial charge in [0.2, 0.25) is 5.91 Å². The van der Waals surface area contributed by atoms with E-state index in [1.165, 1.54) is 5.56 Å². The van der Waals surface area contributed by atoms with E-state index in [1.54, 1.807) is 0 Å². The van der Waals surface area contributed by atoms with Gasteiger partial charge in [0.25, 0.3) is 0 Å². The minimum absolute atomic E-state index is 0.0353. The summed E-state index contributed by atoms with van der Waals surface area (Å²) in [6.45, 7) is 2.55. The first kappa shape index (κ1) is 14.6. The minimum Gasteiger partial charge on any atom is -0.481 e. The number of aryl methyl sites for hydroxylation is 1. The molecule has 0 saturated heterocycles. The predicted molar refractivity (Wildman–Crippen MR) is 77.8 cm³/mol. The van der Waals surface area contributed by atoms with Crippen LogP contribution in [0.4, 0.5) is 5.69 Å². The lowest BCUT2D eigenvalue weighted by Gasteiger charge is -2.24. The molecule has 4 heteroatoms. The van der Waals surface area contributed by atoms with Crippen molar-refractivity contribution in [2.24, 2.45) is 5.92 Å². The van der Waals surface area contributed by atoms with E-state index < -0.39 is 5.97 Å².